The Kier molecular flexibility index (Phi) is 6.77. The van der Waals surface area contributed by atoms with Gasteiger partial charge in [0.2, 0.25) is 11.8 Å². The molecule has 142 valence electrons. The summed E-state index contributed by atoms with van der Waals surface area (Å²) in [5.41, 5.74) is 1.04. The molecular weight excluding hydrogens is 332 g/mol. The summed E-state index contributed by atoms with van der Waals surface area (Å²) in [6, 6.07) is 9.37. The van der Waals surface area contributed by atoms with Crippen LogP contribution >= 0.6 is 0 Å². The molecule has 1 saturated heterocycles. The summed E-state index contributed by atoms with van der Waals surface area (Å²) in [5, 5.41) is 2.81. The van der Waals surface area contributed by atoms with Crippen LogP contribution in [0.2, 0.25) is 0 Å². The van der Waals surface area contributed by atoms with Gasteiger partial charge in [0.1, 0.15) is 0 Å². The van der Waals surface area contributed by atoms with Gasteiger partial charge in [-0.15, -0.1) is 0 Å². The van der Waals surface area contributed by atoms with Gasteiger partial charge in [-0.2, -0.15) is 0 Å². The lowest BCUT2D eigenvalue weighted by Crippen LogP contribution is -2.43. The van der Waals surface area contributed by atoms with Gasteiger partial charge in [0.05, 0.1) is 25.0 Å². The SMILES string of the molecule is CCOC(=O)C[C@@H]1CN([C@H](C)c2ccccc2)C(=O)[C@H]1[C@H](C)NC(C)=O. The summed E-state index contributed by atoms with van der Waals surface area (Å²) in [6.07, 6.45) is 0.173. The first-order valence-corrected chi connectivity index (χ1v) is 9.13. The van der Waals surface area contributed by atoms with Crippen molar-refractivity contribution in [2.75, 3.05) is 13.2 Å². The zero-order chi connectivity index (χ0) is 19.3. The summed E-state index contributed by atoms with van der Waals surface area (Å²) < 4.78 is 5.07. The molecule has 2 rings (SSSR count). The molecule has 1 heterocycles. The van der Waals surface area contributed by atoms with E-state index in [9.17, 15) is 14.4 Å². The smallest absolute Gasteiger partial charge is 0.306 e. The first-order valence-electron chi connectivity index (χ1n) is 9.13. The van der Waals surface area contributed by atoms with Gasteiger partial charge >= 0.3 is 5.97 Å². The second kappa shape index (κ2) is 8.83. The monoisotopic (exact) mass is 360 g/mol. The molecule has 6 nitrogen and oxygen atoms in total. The summed E-state index contributed by atoms with van der Waals surface area (Å²) in [4.78, 5) is 38.4. The molecule has 2 amide bonds. The van der Waals surface area contributed by atoms with Gasteiger partial charge in [-0.25, -0.2) is 0 Å². The predicted molar refractivity (Wildman–Crippen MR) is 98.1 cm³/mol. The Morgan fingerprint density at radius 1 is 1.27 bits per heavy atom. The number of hydrogen-bond acceptors (Lipinski definition) is 4. The lowest BCUT2D eigenvalue weighted by molar-refractivity contribution is -0.144. The number of nitrogens with one attached hydrogen (secondary N) is 1. The largest absolute Gasteiger partial charge is 0.466 e. The number of benzene rings is 1. The highest BCUT2D eigenvalue weighted by molar-refractivity contribution is 5.85. The Balaban J connectivity index is 2.23. The van der Waals surface area contributed by atoms with Crippen LogP contribution in [0, 0.1) is 11.8 Å². The topological polar surface area (TPSA) is 75.7 Å². The average Bonchev–Trinajstić information content (AvgIpc) is 2.90. The van der Waals surface area contributed by atoms with Crippen molar-refractivity contribution in [3.8, 4) is 0 Å². The van der Waals surface area contributed by atoms with Crippen molar-refractivity contribution in [1.29, 1.82) is 0 Å². The second-order valence-electron chi connectivity index (χ2n) is 6.86. The van der Waals surface area contributed by atoms with Crippen LogP contribution in [0.4, 0.5) is 0 Å². The van der Waals surface area contributed by atoms with Crippen LogP contribution in [0.3, 0.4) is 0 Å². The molecule has 26 heavy (non-hydrogen) atoms. The van der Waals surface area contributed by atoms with Crippen molar-refractivity contribution in [2.24, 2.45) is 11.8 Å². The highest BCUT2D eigenvalue weighted by Gasteiger charge is 2.46. The van der Waals surface area contributed by atoms with E-state index in [2.05, 4.69) is 5.32 Å². The highest BCUT2D eigenvalue weighted by Crippen LogP contribution is 2.36. The number of carbonyl (C=O) groups is 3. The van der Waals surface area contributed by atoms with E-state index in [0.717, 1.165) is 5.56 Å². The highest BCUT2D eigenvalue weighted by atomic mass is 16.5. The van der Waals surface area contributed by atoms with Crippen LogP contribution in [0.5, 0.6) is 0 Å². The summed E-state index contributed by atoms with van der Waals surface area (Å²) in [7, 11) is 0. The molecule has 0 radical (unpaired) electrons. The van der Waals surface area contributed by atoms with Crippen LogP contribution in [-0.4, -0.2) is 41.9 Å². The summed E-state index contributed by atoms with van der Waals surface area (Å²) in [6.45, 7) is 7.79. The molecule has 1 aromatic carbocycles. The lowest BCUT2D eigenvalue weighted by Gasteiger charge is -2.26. The number of amides is 2. The number of rotatable bonds is 7. The third-order valence-electron chi connectivity index (χ3n) is 4.96. The lowest BCUT2D eigenvalue weighted by atomic mass is 9.87. The third kappa shape index (κ3) is 4.62. The quantitative estimate of drug-likeness (QED) is 0.757. The molecule has 0 aromatic heterocycles. The average molecular weight is 360 g/mol. The molecule has 6 heteroatoms. The van der Waals surface area contributed by atoms with Crippen molar-refractivity contribution in [3.63, 3.8) is 0 Å². The number of nitrogens with zero attached hydrogens (tertiary/aromatic N) is 1. The van der Waals surface area contributed by atoms with Gasteiger partial charge in [-0.3, -0.25) is 14.4 Å². The maximum absolute atomic E-state index is 13.1. The van der Waals surface area contributed by atoms with Crippen molar-refractivity contribution >= 4 is 17.8 Å². The first-order chi connectivity index (χ1) is 12.3. The van der Waals surface area contributed by atoms with E-state index in [4.69, 9.17) is 4.74 Å². The van der Waals surface area contributed by atoms with Gasteiger partial charge in [0.25, 0.3) is 0 Å². The number of esters is 1. The summed E-state index contributed by atoms with van der Waals surface area (Å²) in [5.74, 6) is -1.14. The first kappa shape index (κ1) is 19.9. The molecule has 4 atom stereocenters. The predicted octanol–water partition coefficient (Wildman–Crippen LogP) is 2.30. The number of carbonyl (C=O) groups excluding carboxylic acids is 3. The Hall–Kier alpha value is -2.37. The van der Waals surface area contributed by atoms with E-state index in [0.29, 0.717) is 13.2 Å². The van der Waals surface area contributed by atoms with E-state index < -0.39 is 5.92 Å². The van der Waals surface area contributed by atoms with E-state index in [1.54, 1.807) is 6.92 Å². The van der Waals surface area contributed by atoms with E-state index in [-0.39, 0.29) is 42.2 Å². The molecule has 1 aliphatic rings. The van der Waals surface area contributed by atoms with Crippen LogP contribution in [-0.2, 0) is 19.1 Å². The number of ether oxygens (including phenoxy) is 1. The fourth-order valence-corrected chi connectivity index (χ4v) is 3.77. The van der Waals surface area contributed by atoms with E-state index in [1.807, 2.05) is 49.1 Å². The van der Waals surface area contributed by atoms with Crippen LogP contribution in [0.1, 0.15) is 45.7 Å². The molecule has 1 N–H and O–H groups in total. The molecule has 1 fully saturated rings. The van der Waals surface area contributed by atoms with Crippen molar-refractivity contribution < 1.29 is 19.1 Å². The van der Waals surface area contributed by atoms with Crippen molar-refractivity contribution in [3.05, 3.63) is 35.9 Å². The Labute approximate surface area is 154 Å². The van der Waals surface area contributed by atoms with Crippen LogP contribution < -0.4 is 5.32 Å². The normalized spacial score (nSPS) is 22.0. The zero-order valence-electron chi connectivity index (χ0n) is 15.9. The van der Waals surface area contributed by atoms with E-state index >= 15 is 0 Å². The number of likely N-dealkylation sites (tertiary alicyclic amines) is 1. The van der Waals surface area contributed by atoms with Crippen molar-refractivity contribution in [2.45, 2.75) is 46.2 Å². The minimum absolute atomic E-state index is 0.0306. The molecule has 1 aromatic rings. The second-order valence-corrected chi connectivity index (χ2v) is 6.86. The Morgan fingerprint density at radius 3 is 2.50 bits per heavy atom. The van der Waals surface area contributed by atoms with Gasteiger partial charge in [0, 0.05) is 25.4 Å². The molecule has 1 aliphatic heterocycles. The fraction of sp³-hybridized carbons (Fsp3) is 0.550. The minimum atomic E-state index is -0.436. The summed E-state index contributed by atoms with van der Waals surface area (Å²) >= 11 is 0. The molecular formula is C20H28N2O4. The van der Waals surface area contributed by atoms with Gasteiger partial charge < -0.3 is 15.0 Å². The Morgan fingerprint density at radius 2 is 1.92 bits per heavy atom. The fourth-order valence-electron chi connectivity index (χ4n) is 3.77. The zero-order valence-corrected chi connectivity index (χ0v) is 15.9. The standard InChI is InChI=1S/C20H28N2O4/c1-5-26-18(24)11-17-12-22(14(3)16-9-7-6-8-10-16)20(25)19(17)13(2)21-15(4)23/h6-10,13-14,17,19H,5,11-12H2,1-4H3,(H,21,23)/t13-,14+,17+,19-/m0/s1. The maximum Gasteiger partial charge on any atom is 0.306 e. The van der Waals surface area contributed by atoms with Gasteiger partial charge in [0.15, 0.2) is 0 Å². The molecule has 0 saturated carbocycles. The maximum atomic E-state index is 13.1. The van der Waals surface area contributed by atoms with Crippen LogP contribution in [0.15, 0.2) is 30.3 Å². The van der Waals surface area contributed by atoms with Gasteiger partial charge in [-0.1, -0.05) is 30.3 Å². The molecule has 0 unspecified atom stereocenters. The molecule has 0 spiro atoms. The van der Waals surface area contributed by atoms with Gasteiger partial charge in [-0.05, 0) is 26.3 Å². The minimum Gasteiger partial charge on any atom is -0.466 e. The van der Waals surface area contributed by atoms with Crippen LogP contribution in [0.25, 0.3) is 0 Å². The molecule has 0 bridgehead atoms. The molecule has 0 aliphatic carbocycles. The van der Waals surface area contributed by atoms with Crippen molar-refractivity contribution in [1.82, 2.24) is 10.2 Å². The number of hydrogen-bond donors (Lipinski definition) is 1. The third-order valence-corrected chi connectivity index (χ3v) is 4.96. The Bertz CT molecular complexity index is 646. The van der Waals surface area contributed by atoms with E-state index in [1.165, 1.54) is 6.92 Å².